The van der Waals surface area contributed by atoms with E-state index in [1.807, 2.05) is 61.3 Å². The van der Waals surface area contributed by atoms with E-state index in [0.717, 1.165) is 16.8 Å². The number of carbonyl (C=O) groups excluding carboxylic acids is 1. The Labute approximate surface area is 150 Å². The summed E-state index contributed by atoms with van der Waals surface area (Å²) in [6.07, 6.45) is 10.1. The molecule has 0 radical (unpaired) electrons. The van der Waals surface area contributed by atoms with E-state index in [4.69, 9.17) is 0 Å². The molecule has 1 aromatic rings. The average Bonchev–Trinajstić information content (AvgIpc) is 3.03. The van der Waals surface area contributed by atoms with E-state index in [1.54, 1.807) is 13.3 Å². The minimum absolute atomic E-state index is 0.168. The lowest BCUT2D eigenvalue weighted by atomic mass is 9.98. The molecule has 0 aromatic heterocycles. The van der Waals surface area contributed by atoms with Gasteiger partial charge in [-0.1, -0.05) is 55.1 Å². The molecular weight excluding hydrogens is 308 g/mol. The molecule has 2 rings (SSSR count). The molecule has 1 saturated heterocycles. The van der Waals surface area contributed by atoms with E-state index in [1.165, 1.54) is 5.56 Å². The van der Waals surface area contributed by atoms with Crippen molar-refractivity contribution in [3.05, 3.63) is 83.6 Å². The standard InChI is InChI=1S/C22H26N2O/c1-5-17(3)19(15-23-4)12-13-21(6-2)24-16-20(14-22(24)25)18-10-8-7-9-11-18/h5-13,15,20H,1,14,16H2,2-4H3/b13-12-,19-17-,21-6+,23-15?. The Bertz CT molecular complexity index is 739. The Morgan fingerprint density at radius 2 is 2.00 bits per heavy atom. The second-order valence-electron chi connectivity index (χ2n) is 6.09. The van der Waals surface area contributed by atoms with Crippen molar-refractivity contribution in [2.75, 3.05) is 13.6 Å². The highest BCUT2D eigenvalue weighted by molar-refractivity contribution is 5.85. The number of hydrogen-bond donors (Lipinski definition) is 0. The summed E-state index contributed by atoms with van der Waals surface area (Å²) in [5.74, 6) is 0.418. The largest absolute Gasteiger partial charge is 0.312 e. The second kappa shape index (κ2) is 8.97. The predicted molar refractivity (Wildman–Crippen MR) is 106 cm³/mol. The van der Waals surface area contributed by atoms with Crippen molar-refractivity contribution in [1.29, 1.82) is 0 Å². The molecule has 1 fully saturated rings. The van der Waals surface area contributed by atoms with Gasteiger partial charge in [0.25, 0.3) is 0 Å². The molecule has 130 valence electrons. The van der Waals surface area contributed by atoms with Crippen LogP contribution in [0.3, 0.4) is 0 Å². The van der Waals surface area contributed by atoms with E-state index >= 15 is 0 Å². The zero-order valence-corrected chi connectivity index (χ0v) is 15.3. The Morgan fingerprint density at radius 1 is 1.28 bits per heavy atom. The van der Waals surface area contributed by atoms with E-state index in [0.29, 0.717) is 13.0 Å². The molecule has 3 nitrogen and oxygen atoms in total. The molecule has 25 heavy (non-hydrogen) atoms. The van der Waals surface area contributed by atoms with Crippen LogP contribution in [0.2, 0.25) is 0 Å². The van der Waals surface area contributed by atoms with Gasteiger partial charge in [-0.2, -0.15) is 0 Å². The van der Waals surface area contributed by atoms with Crippen molar-refractivity contribution in [3.63, 3.8) is 0 Å². The molecule has 1 aliphatic rings. The average molecular weight is 334 g/mol. The number of likely N-dealkylation sites (tertiary alicyclic amines) is 1. The van der Waals surface area contributed by atoms with E-state index in [2.05, 4.69) is 23.7 Å². The third-order valence-electron chi connectivity index (χ3n) is 4.47. The van der Waals surface area contributed by atoms with Crippen LogP contribution in [0, 0.1) is 0 Å². The fraction of sp³-hybridized carbons (Fsp3) is 0.273. The maximum Gasteiger partial charge on any atom is 0.227 e. The summed E-state index contributed by atoms with van der Waals surface area (Å²) in [6, 6.07) is 10.2. The van der Waals surface area contributed by atoms with Gasteiger partial charge in [0.15, 0.2) is 0 Å². The minimum Gasteiger partial charge on any atom is -0.312 e. The molecule has 0 N–H and O–H groups in total. The molecule has 1 heterocycles. The number of hydrogen-bond acceptors (Lipinski definition) is 2. The lowest BCUT2D eigenvalue weighted by Gasteiger charge is -2.18. The number of amides is 1. The van der Waals surface area contributed by atoms with Crippen molar-refractivity contribution in [2.24, 2.45) is 4.99 Å². The van der Waals surface area contributed by atoms with Crippen molar-refractivity contribution in [3.8, 4) is 0 Å². The fourth-order valence-electron chi connectivity index (χ4n) is 2.96. The monoisotopic (exact) mass is 334 g/mol. The predicted octanol–water partition coefficient (Wildman–Crippen LogP) is 4.67. The van der Waals surface area contributed by atoms with Gasteiger partial charge in [-0.25, -0.2) is 0 Å². The summed E-state index contributed by atoms with van der Waals surface area (Å²) in [4.78, 5) is 18.5. The summed E-state index contributed by atoms with van der Waals surface area (Å²) in [5, 5.41) is 0. The summed E-state index contributed by atoms with van der Waals surface area (Å²) in [5.41, 5.74) is 4.18. The first-order valence-electron chi connectivity index (χ1n) is 8.55. The Balaban J connectivity index is 2.20. The second-order valence-corrected chi connectivity index (χ2v) is 6.09. The van der Waals surface area contributed by atoms with Gasteiger partial charge >= 0.3 is 0 Å². The number of nitrogens with zero attached hydrogens (tertiary/aromatic N) is 2. The zero-order chi connectivity index (χ0) is 18.2. The first kappa shape index (κ1) is 18.7. The van der Waals surface area contributed by atoms with Gasteiger partial charge in [-0.3, -0.25) is 9.79 Å². The SMILES string of the molecule is C=C/C(C)=C(C=NC)/C=C\C(=C/C)N1CC(c2ccccc2)CC1=O. The highest BCUT2D eigenvalue weighted by Gasteiger charge is 2.31. The fourth-order valence-corrected chi connectivity index (χ4v) is 2.96. The highest BCUT2D eigenvalue weighted by atomic mass is 16.2. The van der Waals surface area contributed by atoms with Crippen LogP contribution in [-0.2, 0) is 4.79 Å². The molecule has 1 unspecified atom stereocenters. The van der Waals surface area contributed by atoms with Gasteiger partial charge in [0.2, 0.25) is 5.91 Å². The topological polar surface area (TPSA) is 32.7 Å². The van der Waals surface area contributed by atoms with E-state index < -0.39 is 0 Å². The summed E-state index contributed by atoms with van der Waals surface area (Å²) in [7, 11) is 1.75. The van der Waals surface area contributed by atoms with Gasteiger partial charge in [0, 0.05) is 37.8 Å². The van der Waals surface area contributed by atoms with Gasteiger partial charge < -0.3 is 4.90 Å². The summed E-state index contributed by atoms with van der Waals surface area (Å²) < 4.78 is 0. The van der Waals surface area contributed by atoms with Crippen LogP contribution in [0.5, 0.6) is 0 Å². The van der Waals surface area contributed by atoms with Gasteiger partial charge in [-0.15, -0.1) is 0 Å². The van der Waals surface area contributed by atoms with Gasteiger partial charge in [0.05, 0.1) is 0 Å². The quantitative estimate of drug-likeness (QED) is 0.550. The maximum absolute atomic E-state index is 12.5. The van der Waals surface area contributed by atoms with Crippen molar-refractivity contribution in [1.82, 2.24) is 4.90 Å². The first-order valence-corrected chi connectivity index (χ1v) is 8.55. The smallest absolute Gasteiger partial charge is 0.227 e. The number of aliphatic imine (C=N–C) groups is 1. The van der Waals surface area contributed by atoms with Gasteiger partial charge in [0.1, 0.15) is 0 Å². The van der Waals surface area contributed by atoms with Crippen LogP contribution in [0.1, 0.15) is 31.7 Å². The maximum atomic E-state index is 12.5. The third kappa shape index (κ3) is 4.66. The van der Waals surface area contributed by atoms with Gasteiger partial charge in [-0.05, 0) is 36.6 Å². The minimum atomic E-state index is 0.168. The number of rotatable bonds is 6. The highest BCUT2D eigenvalue weighted by Crippen LogP contribution is 2.30. The number of benzene rings is 1. The molecule has 1 aromatic carbocycles. The lowest BCUT2D eigenvalue weighted by Crippen LogP contribution is -2.23. The van der Waals surface area contributed by atoms with Crippen LogP contribution in [0.25, 0.3) is 0 Å². The molecule has 1 atom stereocenters. The van der Waals surface area contributed by atoms with Crippen molar-refractivity contribution in [2.45, 2.75) is 26.2 Å². The van der Waals surface area contributed by atoms with Crippen LogP contribution in [-0.4, -0.2) is 30.6 Å². The molecular formula is C22H26N2O. The normalized spacial score (nSPS) is 19.8. The van der Waals surface area contributed by atoms with E-state index in [-0.39, 0.29) is 11.8 Å². The Kier molecular flexibility index (Phi) is 6.70. The van der Waals surface area contributed by atoms with Crippen LogP contribution < -0.4 is 0 Å². The number of allylic oxidation sites excluding steroid dienone is 6. The van der Waals surface area contributed by atoms with Crippen molar-refractivity contribution >= 4 is 12.1 Å². The third-order valence-corrected chi connectivity index (χ3v) is 4.47. The van der Waals surface area contributed by atoms with Crippen LogP contribution >= 0.6 is 0 Å². The molecule has 0 saturated carbocycles. The molecule has 0 bridgehead atoms. The Hall–Kier alpha value is -2.68. The first-order chi connectivity index (χ1) is 12.1. The molecule has 3 heteroatoms. The molecule has 0 aliphatic carbocycles. The number of carbonyl (C=O) groups is 1. The van der Waals surface area contributed by atoms with Crippen molar-refractivity contribution < 1.29 is 4.79 Å². The van der Waals surface area contributed by atoms with E-state index in [9.17, 15) is 4.79 Å². The summed E-state index contributed by atoms with van der Waals surface area (Å²) in [6.45, 7) is 8.48. The molecule has 0 spiro atoms. The lowest BCUT2D eigenvalue weighted by molar-refractivity contribution is -0.125. The molecule has 1 amide bonds. The van der Waals surface area contributed by atoms with Crippen LogP contribution in [0.4, 0.5) is 0 Å². The zero-order valence-electron chi connectivity index (χ0n) is 15.3. The van der Waals surface area contributed by atoms with Crippen LogP contribution in [0.15, 0.2) is 83.1 Å². The Morgan fingerprint density at radius 3 is 2.60 bits per heavy atom. The molecule has 1 aliphatic heterocycles. The summed E-state index contributed by atoms with van der Waals surface area (Å²) >= 11 is 0.